The van der Waals surface area contributed by atoms with E-state index in [1.807, 2.05) is 0 Å². The summed E-state index contributed by atoms with van der Waals surface area (Å²) in [6, 6.07) is 69.7. The lowest BCUT2D eigenvalue weighted by atomic mass is 9.82. The van der Waals surface area contributed by atoms with Crippen molar-refractivity contribution in [2.45, 2.75) is 51.4 Å². The molecule has 0 bridgehead atoms. The van der Waals surface area contributed by atoms with Gasteiger partial charge in [-0.1, -0.05) is 185 Å². The Bertz CT molecular complexity index is 3570. The van der Waals surface area contributed by atoms with E-state index in [9.17, 15) is 0 Å². The molecule has 1 heterocycles. The van der Waals surface area contributed by atoms with E-state index in [1.54, 1.807) is 0 Å². The van der Waals surface area contributed by atoms with Crippen LogP contribution in [0, 0.1) is 0 Å². The molecule has 68 heavy (non-hydrogen) atoms. The molecule has 4 aliphatic rings. The first kappa shape index (κ1) is 39.2. The number of rotatable bonds is 5. The van der Waals surface area contributed by atoms with Crippen LogP contribution < -0.4 is 0 Å². The summed E-state index contributed by atoms with van der Waals surface area (Å²) in [4.78, 5) is 16.4. The van der Waals surface area contributed by atoms with Gasteiger partial charge in [0.25, 0.3) is 0 Å². The third kappa shape index (κ3) is 5.69. The van der Waals surface area contributed by atoms with Crippen molar-refractivity contribution in [1.29, 1.82) is 0 Å². The van der Waals surface area contributed by atoms with Crippen LogP contribution in [0.1, 0.15) is 72.2 Å². The average molecular weight is 870 g/mol. The van der Waals surface area contributed by atoms with Crippen molar-refractivity contribution in [2.24, 2.45) is 0 Å². The normalized spacial score (nSPS) is 14.6. The highest BCUT2D eigenvalue weighted by molar-refractivity contribution is 5.92. The van der Waals surface area contributed by atoms with Crippen molar-refractivity contribution in [3.8, 4) is 101 Å². The van der Waals surface area contributed by atoms with Crippen molar-refractivity contribution >= 4 is 0 Å². The van der Waals surface area contributed by atoms with E-state index >= 15 is 0 Å². The van der Waals surface area contributed by atoms with Gasteiger partial charge >= 0.3 is 0 Å². The van der Waals surface area contributed by atoms with Crippen LogP contribution in [0.25, 0.3) is 101 Å². The largest absolute Gasteiger partial charge is 0.208 e. The Hall–Kier alpha value is -8.01. The van der Waals surface area contributed by atoms with Gasteiger partial charge in [-0.15, -0.1) is 0 Å². The van der Waals surface area contributed by atoms with Gasteiger partial charge < -0.3 is 0 Å². The summed E-state index contributed by atoms with van der Waals surface area (Å²) >= 11 is 0. The summed E-state index contributed by atoms with van der Waals surface area (Å²) < 4.78 is 0. The summed E-state index contributed by atoms with van der Waals surface area (Å²) in [7, 11) is 0. The standard InChI is InChI=1S/C65H47N3/c1-64(2)57-25-11-9-19-51(57)55-36-40(27-29-59(55)64)61-66-62(41-28-30-60-56(37-41)52-20-10-12-26-58(52)65(60,3)4)68-63(67-61)44-32-42(47-21-13-23-49-45-17-7-5-15-38(45)34-53(47)49)31-43(33-44)48-22-14-24-50-46-18-8-6-16-39(46)35-54(48)50/h5-33,36-37H,34-35H2,1-4H3. The second-order valence-electron chi connectivity index (χ2n) is 20.3. The minimum absolute atomic E-state index is 0.108. The fourth-order valence-electron chi connectivity index (χ4n) is 12.4. The zero-order chi connectivity index (χ0) is 45.5. The maximum Gasteiger partial charge on any atom is 0.164 e. The molecule has 3 nitrogen and oxygen atoms in total. The molecule has 0 radical (unpaired) electrons. The molecule has 0 unspecified atom stereocenters. The number of fused-ring (bicyclic) bond motifs is 12. The van der Waals surface area contributed by atoms with Crippen LogP contribution in [0.5, 0.6) is 0 Å². The number of benzene rings is 9. The van der Waals surface area contributed by atoms with E-state index in [-0.39, 0.29) is 10.8 Å². The summed E-state index contributed by atoms with van der Waals surface area (Å²) in [5, 5.41) is 0. The molecule has 10 aromatic rings. The molecule has 0 aliphatic heterocycles. The third-order valence-electron chi connectivity index (χ3n) is 15.8. The number of nitrogens with zero attached hydrogens (tertiary/aromatic N) is 3. The smallest absolute Gasteiger partial charge is 0.164 e. The fourth-order valence-corrected chi connectivity index (χ4v) is 12.4. The predicted octanol–water partition coefficient (Wildman–Crippen LogP) is 16.0. The van der Waals surface area contributed by atoms with Gasteiger partial charge in [-0.05, 0) is 154 Å². The van der Waals surface area contributed by atoms with Crippen LogP contribution >= 0.6 is 0 Å². The topological polar surface area (TPSA) is 38.7 Å². The van der Waals surface area contributed by atoms with Crippen molar-refractivity contribution in [3.63, 3.8) is 0 Å². The zero-order valence-corrected chi connectivity index (χ0v) is 38.7. The van der Waals surface area contributed by atoms with Crippen LogP contribution in [0.4, 0.5) is 0 Å². The SMILES string of the molecule is CC1(C)c2ccccc2-c2cc(-c3nc(-c4cc(-c5cccc6c5Cc5ccccc5-6)cc(-c5cccc6c5Cc5ccccc5-6)c4)nc(-c4ccc5c(c4)-c4ccccc4C5(C)C)n3)ccc21. The van der Waals surface area contributed by atoms with E-state index in [0.717, 1.165) is 40.7 Å². The molecule has 0 saturated heterocycles. The molecule has 9 aromatic carbocycles. The molecule has 0 saturated carbocycles. The van der Waals surface area contributed by atoms with Gasteiger partial charge in [0.05, 0.1) is 0 Å². The predicted molar refractivity (Wildman–Crippen MR) is 279 cm³/mol. The number of hydrogen-bond acceptors (Lipinski definition) is 3. The van der Waals surface area contributed by atoms with Gasteiger partial charge in [-0.3, -0.25) is 0 Å². The first-order valence-electron chi connectivity index (χ1n) is 24.0. The van der Waals surface area contributed by atoms with Gasteiger partial charge in [0.2, 0.25) is 0 Å². The summed E-state index contributed by atoms with van der Waals surface area (Å²) in [5.74, 6) is 1.98. The van der Waals surface area contributed by atoms with Crippen molar-refractivity contribution in [1.82, 2.24) is 15.0 Å². The van der Waals surface area contributed by atoms with Crippen LogP contribution in [-0.4, -0.2) is 15.0 Å². The number of aromatic nitrogens is 3. The van der Waals surface area contributed by atoms with E-state index < -0.39 is 0 Å². The molecule has 0 fully saturated rings. The lowest BCUT2D eigenvalue weighted by Crippen LogP contribution is -2.14. The molecule has 1 aromatic heterocycles. The second-order valence-corrected chi connectivity index (χ2v) is 20.3. The zero-order valence-electron chi connectivity index (χ0n) is 38.7. The Morgan fingerprint density at radius 3 is 1.10 bits per heavy atom. The van der Waals surface area contributed by atoms with E-state index in [4.69, 9.17) is 15.0 Å². The molecule has 0 atom stereocenters. The van der Waals surface area contributed by atoms with Crippen LogP contribution in [-0.2, 0) is 23.7 Å². The third-order valence-corrected chi connectivity index (χ3v) is 15.8. The molecule has 0 N–H and O–H groups in total. The minimum atomic E-state index is -0.108. The maximum absolute atomic E-state index is 5.51. The minimum Gasteiger partial charge on any atom is -0.208 e. The Kier molecular flexibility index (Phi) is 8.21. The summed E-state index contributed by atoms with van der Waals surface area (Å²) in [5.41, 5.74) is 28.6. The average Bonchev–Trinajstić information content (AvgIpc) is 4.09. The first-order chi connectivity index (χ1) is 33.2. The van der Waals surface area contributed by atoms with Gasteiger partial charge in [0.1, 0.15) is 0 Å². The summed E-state index contributed by atoms with van der Waals surface area (Å²) in [6.45, 7) is 9.32. The van der Waals surface area contributed by atoms with Gasteiger partial charge in [0.15, 0.2) is 17.5 Å². The molecular formula is C65H47N3. The van der Waals surface area contributed by atoms with E-state index in [0.29, 0.717) is 17.5 Å². The highest BCUT2D eigenvalue weighted by Gasteiger charge is 2.37. The van der Waals surface area contributed by atoms with Crippen LogP contribution in [0.3, 0.4) is 0 Å². The quantitative estimate of drug-likeness (QED) is 0.173. The highest BCUT2D eigenvalue weighted by atomic mass is 15.0. The monoisotopic (exact) mass is 869 g/mol. The Balaban J connectivity index is 1.00. The van der Waals surface area contributed by atoms with Gasteiger partial charge in [-0.2, -0.15) is 0 Å². The Morgan fingerprint density at radius 2 is 0.632 bits per heavy atom. The first-order valence-corrected chi connectivity index (χ1v) is 24.0. The molecule has 4 aliphatic carbocycles. The van der Waals surface area contributed by atoms with Crippen molar-refractivity contribution < 1.29 is 0 Å². The molecule has 322 valence electrons. The number of hydrogen-bond donors (Lipinski definition) is 0. The second kappa shape index (κ2) is 14.2. The summed E-state index contributed by atoms with van der Waals surface area (Å²) in [6.07, 6.45) is 1.79. The van der Waals surface area contributed by atoms with E-state index in [2.05, 4.69) is 216 Å². The Labute approximate surface area is 398 Å². The van der Waals surface area contributed by atoms with Crippen LogP contribution in [0.2, 0.25) is 0 Å². The Morgan fingerprint density at radius 1 is 0.279 bits per heavy atom. The van der Waals surface area contributed by atoms with Gasteiger partial charge in [0, 0.05) is 27.5 Å². The lowest BCUT2D eigenvalue weighted by Gasteiger charge is -2.21. The van der Waals surface area contributed by atoms with Crippen molar-refractivity contribution in [3.05, 3.63) is 233 Å². The molecule has 3 heteroatoms. The van der Waals surface area contributed by atoms with E-state index in [1.165, 1.54) is 100 Å². The fraction of sp³-hybridized carbons (Fsp3) is 0.123. The molecule has 0 spiro atoms. The maximum atomic E-state index is 5.51. The molecular weight excluding hydrogens is 823 g/mol. The van der Waals surface area contributed by atoms with Gasteiger partial charge in [-0.25, -0.2) is 15.0 Å². The van der Waals surface area contributed by atoms with Crippen LogP contribution in [0.15, 0.2) is 188 Å². The highest BCUT2D eigenvalue weighted by Crippen LogP contribution is 2.52. The van der Waals surface area contributed by atoms with Crippen molar-refractivity contribution in [2.75, 3.05) is 0 Å². The molecule has 0 amide bonds. The lowest BCUT2D eigenvalue weighted by molar-refractivity contribution is 0.660. The molecule has 14 rings (SSSR count).